The molecule has 0 aromatic heterocycles. The molecule has 8 nitrogen and oxygen atoms in total. The van der Waals surface area contributed by atoms with Gasteiger partial charge in [-0.3, -0.25) is 4.79 Å². The summed E-state index contributed by atoms with van der Waals surface area (Å²) in [5.74, 6) is 0.143. The Hall–Kier alpha value is -2.64. The van der Waals surface area contributed by atoms with E-state index in [0.29, 0.717) is 41.5 Å². The average molecular weight is 366 g/mol. The molecule has 144 valence electrons. The predicted molar refractivity (Wildman–Crippen MR) is 96.3 cm³/mol. The monoisotopic (exact) mass is 366 g/mol. The van der Waals surface area contributed by atoms with Crippen molar-refractivity contribution in [1.29, 1.82) is 0 Å². The molecule has 2 atom stereocenters. The fraction of sp³-hybridized carbons (Fsp3) is 0.556. The first kappa shape index (κ1) is 19.7. The van der Waals surface area contributed by atoms with Gasteiger partial charge in [-0.1, -0.05) is 6.92 Å². The lowest BCUT2D eigenvalue weighted by molar-refractivity contribution is -0.143. The Bertz CT molecular complexity index is 691. The highest BCUT2D eigenvalue weighted by molar-refractivity contribution is 5.92. The number of carboxylic acid groups (broad SMARTS) is 1. The molecule has 2 unspecified atom stereocenters. The first-order valence-corrected chi connectivity index (χ1v) is 8.40. The van der Waals surface area contributed by atoms with Crippen LogP contribution in [0.4, 0.5) is 10.5 Å². The van der Waals surface area contributed by atoms with Crippen LogP contribution in [0.25, 0.3) is 0 Å². The highest BCUT2D eigenvalue weighted by Crippen LogP contribution is 2.42. The number of carboxylic acids is 1. The van der Waals surface area contributed by atoms with Gasteiger partial charge in [0.2, 0.25) is 0 Å². The molecular weight excluding hydrogens is 340 g/mol. The number of benzene rings is 1. The minimum absolute atomic E-state index is 0.115. The van der Waals surface area contributed by atoms with E-state index in [-0.39, 0.29) is 18.5 Å². The highest BCUT2D eigenvalue weighted by Gasteiger charge is 2.32. The summed E-state index contributed by atoms with van der Waals surface area (Å²) in [6, 6.07) is 1.26. The molecule has 0 radical (unpaired) electrons. The Morgan fingerprint density at radius 3 is 2.35 bits per heavy atom. The maximum absolute atomic E-state index is 12.7. The van der Waals surface area contributed by atoms with Crippen molar-refractivity contribution in [3.63, 3.8) is 0 Å². The number of hydrogen-bond donors (Lipinski definition) is 2. The van der Waals surface area contributed by atoms with Crippen LogP contribution < -0.4 is 19.5 Å². The lowest BCUT2D eigenvalue weighted by Gasteiger charge is -2.34. The van der Waals surface area contributed by atoms with E-state index in [1.54, 1.807) is 13.0 Å². The Morgan fingerprint density at radius 1 is 1.15 bits per heavy atom. The number of carbonyl (C=O) groups excluding carboxylic acids is 1. The number of carbonyl (C=O) groups is 2. The smallest absolute Gasteiger partial charge is 0.321 e. The molecule has 26 heavy (non-hydrogen) atoms. The van der Waals surface area contributed by atoms with Crippen LogP contribution in [0.1, 0.15) is 18.9 Å². The van der Waals surface area contributed by atoms with Crippen molar-refractivity contribution < 1.29 is 28.9 Å². The van der Waals surface area contributed by atoms with Crippen LogP contribution in [0.5, 0.6) is 17.2 Å². The number of ether oxygens (including phenoxy) is 3. The molecule has 2 amide bonds. The molecule has 0 spiro atoms. The number of aliphatic carboxylic acids is 1. The number of methoxy groups -OCH3 is 3. The lowest BCUT2D eigenvalue weighted by Crippen LogP contribution is -2.47. The highest BCUT2D eigenvalue weighted by atomic mass is 16.5. The van der Waals surface area contributed by atoms with E-state index in [1.807, 2.05) is 6.92 Å². The molecule has 2 rings (SSSR count). The summed E-state index contributed by atoms with van der Waals surface area (Å²) in [5.41, 5.74) is 1.14. The first-order valence-electron chi connectivity index (χ1n) is 8.40. The van der Waals surface area contributed by atoms with Gasteiger partial charge in [0.25, 0.3) is 0 Å². The van der Waals surface area contributed by atoms with Crippen molar-refractivity contribution in [2.24, 2.45) is 11.8 Å². The standard InChI is InChI=1S/C18H26N2O6/c1-10-6-12(17(21)22)9-20(8-10)18(23)19-13-7-14(24-3)16(26-5)11(2)15(13)25-4/h7,10,12H,6,8-9H2,1-5H3,(H,19,23)(H,21,22). The van der Waals surface area contributed by atoms with Gasteiger partial charge in [0.1, 0.15) is 5.75 Å². The minimum Gasteiger partial charge on any atom is -0.494 e. The third-order valence-electron chi connectivity index (χ3n) is 4.59. The fourth-order valence-electron chi connectivity index (χ4n) is 3.40. The molecule has 1 aliphatic heterocycles. The maximum Gasteiger partial charge on any atom is 0.321 e. The molecule has 1 heterocycles. The normalized spacial score (nSPS) is 19.7. The molecule has 1 aromatic rings. The zero-order valence-corrected chi connectivity index (χ0v) is 15.8. The molecule has 0 saturated carbocycles. The second-order valence-electron chi connectivity index (χ2n) is 6.53. The first-order chi connectivity index (χ1) is 12.3. The molecule has 1 aliphatic rings. The number of rotatable bonds is 5. The summed E-state index contributed by atoms with van der Waals surface area (Å²) < 4.78 is 16.1. The molecule has 1 fully saturated rings. The summed E-state index contributed by atoms with van der Waals surface area (Å²) in [4.78, 5) is 25.6. The van der Waals surface area contributed by atoms with E-state index < -0.39 is 11.9 Å². The van der Waals surface area contributed by atoms with Gasteiger partial charge >= 0.3 is 12.0 Å². The van der Waals surface area contributed by atoms with Gasteiger partial charge in [-0.2, -0.15) is 0 Å². The minimum atomic E-state index is -0.881. The zero-order chi connectivity index (χ0) is 19.4. The van der Waals surface area contributed by atoms with Crippen molar-refractivity contribution in [1.82, 2.24) is 4.90 Å². The van der Waals surface area contributed by atoms with Crippen LogP contribution in [0.15, 0.2) is 6.07 Å². The van der Waals surface area contributed by atoms with Gasteiger partial charge in [0.05, 0.1) is 32.9 Å². The molecular formula is C18H26N2O6. The average Bonchev–Trinajstić information content (AvgIpc) is 2.60. The van der Waals surface area contributed by atoms with Crippen LogP contribution in [-0.2, 0) is 4.79 Å². The van der Waals surface area contributed by atoms with E-state index in [0.717, 1.165) is 0 Å². The summed E-state index contributed by atoms with van der Waals surface area (Å²) in [7, 11) is 4.55. The van der Waals surface area contributed by atoms with Crippen molar-refractivity contribution in [2.75, 3.05) is 39.7 Å². The second-order valence-corrected chi connectivity index (χ2v) is 6.53. The van der Waals surface area contributed by atoms with Gasteiger partial charge in [-0.15, -0.1) is 0 Å². The third-order valence-corrected chi connectivity index (χ3v) is 4.59. The van der Waals surface area contributed by atoms with E-state index in [2.05, 4.69) is 5.32 Å². The predicted octanol–water partition coefficient (Wildman–Crippen LogP) is 2.60. The topological polar surface area (TPSA) is 97.3 Å². The van der Waals surface area contributed by atoms with Crippen LogP contribution in [-0.4, -0.2) is 56.4 Å². The zero-order valence-electron chi connectivity index (χ0n) is 15.8. The molecule has 8 heteroatoms. The Labute approximate surface area is 153 Å². The number of nitrogens with one attached hydrogen (secondary N) is 1. The Morgan fingerprint density at radius 2 is 1.81 bits per heavy atom. The van der Waals surface area contributed by atoms with Gasteiger partial charge in [0, 0.05) is 24.7 Å². The third kappa shape index (κ3) is 3.95. The SMILES string of the molecule is COc1cc(NC(=O)N2CC(C)CC(C(=O)O)C2)c(OC)c(C)c1OC. The Kier molecular flexibility index (Phi) is 6.18. The quantitative estimate of drug-likeness (QED) is 0.831. The van der Waals surface area contributed by atoms with Gasteiger partial charge < -0.3 is 29.5 Å². The number of piperidine rings is 1. The van der Waals surface area contributed by atoms with Gasteiger partial charge in [-0.25, -0.2) is 4.79 Å². The molecule has 2 N–H and O–H groups in total. The largest absolute Gasteiger partial charge is 0.494 e. The molecule has 0 bridgehead atoms. The van der Waals surface area contributed by atoms with Gasteiger partial charge in [0.15, 0.2) is 11.5 Å². The van der Waals surface area contributed by atoms with Gasteiger partial charge in [-0.05, 0) is 19.3 Å². The van der Waals surface area contributed by atoms with E-state index in [9.17, 15) is 14.7 Å². The fourth-order valence-corrected chi connectivity index (χ4v) is 3.40. The van der Waals surface area contributed by atoms with Crippen molar-refractivity contribution in [2.45, 2.75) is 20.3 Å². The summed E-state index contributed by atoms with van der Waals surface area (Å²) >= 11 is 0. The van der Waals surface area contributed by atoms with E-state index in [4.69, 9.17) is 14.2 Å². The van der Waals surface area contributed by atoms with E-state index >= 15 is 0 Å². The van der Waals surface area contributed by atoms with Crippen molar-refractivity contribution in [3.8, 4) is 17.2 Å². The van der Waals surface area contributed by atoms with Crippen LogP contribution in [0.3, 0.4) is 0 Å². The summed E-state index contributed by atoms with van der Waals surface area (Å²) in [6.45, 7) is 4.43. The number of anilines is 1. The summed E-state index contributed by atoms with van der Waals surface area (Å²) in [5, 5.41) is 12.1. The van der Waals surface area contributed by atoms with Crippen LogP contribution in [0, 0.1) is 18.8 Å². The Balaban J connectivity index is 2.28. The van der Waals surface area contributed by atoms with E-state index in [1.165, 1.54) is 26.2 Å². The van der Waals surface area contributed by atoms with Crippen molar-refractivity contribution in [3.05, 3.63) is 11.6 Å². The van der Waals surface area contributed by atoms with Crippen LogP contribution in [0.2, 0.25) is 0 Å². The lowest BCUT2D eigenvalue weighted by atomic mass is 9.91. The number of amides is 2. The number of hydrogen-bond acceptors (Lipinski definition) is 5. The molecule has 1 aromatic carbocycles. The van der Waals surface area contributed by atoms with Crippen LogP contribution >= 0.6 is 0 Å². The molecule has 0 aliphatic carbocycles. The number of nitrogens with zero attached hydrogens (tertiary/aromatic N) is 1. The van der Waals surface area contributed by atoms with Crippen molar-refractivity contribution >= 4 is 17.7 Å². The number of likely N-dealkylation sites (tertiary alicyclic amines) is 1. The number of urea groups is 1. The maximum atomic E-state index is 12.7. The second kappa shape index (κ2) is 8.16. The summed E-state index contributed by atoms with van der Waals surface area (Å²) in [6.07, 6.45) is 0.567. The molecule has 1 saturated heterocycles.